The Labute approximate surface area is 252 Å². The van der Waals surface area contributed by atoms with Gasteiger partial charge in [-0.2, -0.15) is 0 Å². The second kappa shape index (κ2) is 12.5. The average Bonchev–Trinajstić information content (AvgIpc) is 3.64. The zero-order valence-corrected chi connectivity index (χ0v) is 24.9. The molecule has 1 saturated carbocycles. The minimum absolute atomic E-state index is 0.0755. The third-order valence-electron chi connectivity index (χ3n) is 8.97. The van der Waals surface area contributed by atoms with Crippen LogP contribution >= 0.6 is 0 Å². The number of amides is 3. The van der Waals surface area contributed by atoms with Gasteiger partial charge in [-0.3, -0.25) is 14.4 Å². The third-order valence-corrected chi connectivity index (χ3v) is 8.97. The normalized spacial score (nSPS) is 27.9. The summed E-state index contributed by atoms with van der Waals surface area (Å²) in [6.45, 7) is 4.76. The molecule has 9 heteroatoms. The van der Waals surface area contributed by atoms with Crippen molar-refractivity contribution in [2.45, 2.75) is 82.3 Å². The number of benzene rings is 2. The van der Waals surface area contributed by atoms with Gasteiger partial charge in [-0.1, -0.05) is 49.6 Å². The first-order valence-corrected chi connectivity index (χ1v) is 15.6. The van der Waals surface area contributed by atoms with Crippen LogP contribution in [0.2, 0.25) is 0 Å². The van der Waals surface area contributed by atoms with Gasteiger partial charge in [0.1, 0.15) is 23.1 Å². The molecule has 3 amide bonds. The fraction of sp³-hybridized carbons (Fsp3) is 0.500. The van der Waals surface area contributed by atoms with E-state index in [1.54, 1.807) is 29.2 Å². The van der Waals surface area contributed by atoms with E-state index in [1.807, 2.05) is 56.3 Å². The zero-order valence-electron chi connectivity index (χ0n) is 24.9. The lowest BCUT2D eigenvalue weighted by Gasteiger charge is -2.34. The molecule has 4 aliphatic rings. The molecule has 1 spiro atoms. The Balaban J connectivity index is 1.19. The molecule has 5 atom stereocenters. The first-order chi connectivity index (χ1) is 20.9. The van der Waals surface area contributed by atoms with Crippen LogP contribution in [0, 0.1) is 11.8 Å². The van der Waals surface area contributed by atoms with Crippen LogP contribution in [-0.2, 0) is 23.9 Å². The largest absolute Gasteiger partial charge is 0.457 e. The summed E-state index contributed by atoms with van der Waals surface area (Å²) < 4.78 is 18.0. The Morgan fingerprint density at radius 3 is 2.44 bits per heavy atom. The number of anilines is 1. The van der Waals surface area contributed by atoms with Crippen molar-refractivity contribution in [3.8, 4) is 11.5 Å². The van der Waals surface area contributed by atoms with E-state index >= 15 is 0 Å². The van der Waals surface area contributed by atoms with Crippen molar-refractivity contribution in [1.29, 1.82) is 0 Å². The number of fused-ring (bicyclic) bond motifs is 1. The maximum absolute atomic E-state index is 14.1. The summed E-state index contributed by atoms with van der Waals surface area (Å²) in [5.74, 6) is -0.889. The third kappa shape index (κ3) is 5.93. The number of nitrogens with one attached hydrogen (secondary N) is 2. The highest BCUT2D eigenvalue weighted by molar-refractivity contribution is 6.02. The van der Waals surface area contributed by atoms with Crippen LogP contribution < -0.4 is 15.4 Å². The maximum atomic E-state index is 14.1. The molecule has 1 aliphatic carbocycles. The molecule has 43 heavy (non-hydrogen) atoms. The van der Waals surface area contributed by atoms with Crippen LogP contribution in [0.1, 0.15) is 52.4 Å². The molecule has 0 aromatic heterocycles. The molecular formula is C34H41N3O6. The standard InChI is InChI=1S/C34H41N3O6/c1-22(2)41-21-9-20-37-30(32(39)36-23-10-5-3-6-11-23)34-19-18-27(43-34)28(29(34)33(37)40)31(38)35-24-14-16-26(17-15-24)42-25-12-7-4-8-13-25/h4,7-8,12-19,22-23,27-30H,3,5-6,9-11,20-21H2,1-2H3,(H,35,38)(H,36,39)/t27-,28-,29-,30-,34-/m0/s1. The monoisotopic (exact) mass is 587 g/mol. The molecular weight excluding hydrogens is 546 g/mol. The van der Waals surface area contributed by atoms with Crippen molar-refractivity contribution >= 4 is 23.4 Å². The summed E-state index contributed by atoms with van der Waals surface area (Å²) in [6.07, 6.45) is 8.99. The highest BCUT2D eigenvalue weighted by atomic mass is 16.5. The van der Waals surface area contributed by atoms with Crippen LogP contribution in [0.4, 0.5) is 5.69 Å². The number of nitrogens with zero attached hydrogens (tertiary/aromatic N) is 1. The summed E-state index contributed by atoms with van der Waals surface area (Å²) in [5, 5.41) is 6.21. The number of likely N-dealkylation sites (tertiary alicyclic amines) is 1. The Bertz CT molecular complexity index is 1340. The van der Waals surface area contributed by atoms with Gasteiger partial charge in [-0.25, -0.2) is 0 Å². The first-order valence-electron chi connectivity index (χ1n) is 15.6. The van der Waals surface area contributed by atoms with E-state index in [1.165, 1.54) is 6.42 Å². The topological polar surface area (TPSA) is 106 Å². The molecule has 9 nitrogen and oxygen atoms in total. The summed E-state index contributed by atoms with van der Waals surface area (Å²) in [7, 11) is 0. The minimum atomic E-state index is -1.17. The van der Waals surface area contributed by atoms with E-state index in [0.29, 0.717) is 31.0 Å². The van der Waals surface area contributed by atoms with Crippen LogP contribution in [-0.4, -0.2) is 65.7 Å². The van der Waals surface area contributed by atoms with Crippen molar-refractivity contribution in [3.63, 3.8) is 0 Å². The maximum Gasteiger partial charge on any atom is 0.246 e. The molecule has 6 rings (SSSR count). The molecule has 2 aromatic carbocycles. The Kier molecular flexibility index (Phi) is 8.54. The second-order valence-corrected chi connectivity index (χ2v) is 12.3. The van der Waals surface area contributed by atoms with Crippen LogP contribution in [0.5, 0.6) is 11.5 Å². The number of ether oxygens (including phenoxy) is 3. The summed E-state index contributed by atoms with van der Waals surface area (Å²) >= 11 is 0. The molecule has 228 valence electrons. The van der Waals surface area contributed by atoms with Gasteiger partial charge in [-0.15, -0.1) is 0 Å². The number of hydrogen-bond donors (Lipinski definition) is 2. The molecule has 2 aromatic rings. The predicted molar refractivity (Wildman–Crippen MR) is 162 cm³/mol. The fourth-order valence-electron chi connectivity index (χ4n) is 7.05. The number of rotatable bonds is 11. The van der Waals surface area contributed by atoms with Gasteiger partial charge in [0.2, 0.25) is 17.7 Å². The molecule has 2 bridgehead atoms. The molecule has 0 radical (unpaired) electrons. The van der Waals surface area contributed by atoms with Crippen molar-refractivity contribution in [3.05, 3.63) is 66.7 Å². The minimum Gasteiger partial charge on any atom is -0.457 e. The van der Waals surface area contributed by atoms with Gasteiger partial charge in [0.15, 0.2) is 0 Å². The quantitative estimate of drug-likeness (QED) is 0.288. The van der Waals surface area contributed by atoms with Gasteiger partial charge in [0.25, 0.3) is 0 Å². The van der Waals surface area contributed by atoms with Crippen molar-refractivity contribution in [1.82, 2.24) is 10.2 Å². The van der Waals surface area contributed by atoms with E-state index < -0.39 is 29.6 Å². The van der Waals surface area contributed by atoms with Gasteiger partial charge >= 0.3 is 0 Å². The summed E-state index contributed by atoms with van der Waals surface area (Å²) in [5.41, 5.74) is -0.583. The first kappa shape index (κ1) is 29.4. The van der Waals surface area contributed by atoms with Crippen molar-refractivity contribution in [2.24, 2.45) is 11.8 Å². The summed E-state index contributed by atoms with van der Waals surface area (Å²) in [4.78, 5) is 43.4. The van der Waals surface area contributed by atoms with Gasteiger partial charge in [0.05, 0.1) is 24.0 Å². The Hall–Kier alpha value is -3.69. The van der Waals surface area contributed by atoms with E-state index in [2.05, 4.69) is 10.6 Å². The van der Waals surface area contributed by atoms with Crippen LogP contribution in [0.15, 0.2) is 66.7 Å². The molecule has 3 heterocycles. The molecule has 2 N–H and O–H groups in total. The van der Waals surface area contributed by atoms with Crippen molar-refractivity contribution < 1.29 is 28.6 Å². The summed E-state index contributed by atoms with van der Waals surface area (Å²) in [6, 6.07) is 15.8. The number of hydrogen-bond acceptors (Lipinski definition) is 6. The number of carbonyl (C=O) groups excluding carboxylic acids is 3. The highest BCUT2D eigenvalue weighted by Gasteiger charge is 2.72. The van der Waals surface area contributed by atoms with E-state index in [-0.39, 0.29) is 29.9 Å². The van der Waals surface area contributed by atoms with Crippen LogP contribution in [0.25, 0.3) is 0 Å². The number of carbonyl (C=O) groups is 3. The fourth-order valence-corrected chi connectivity index (χ4v) is 7.05. The molecule has 3 fully saturated rings. The van der Waals surface area contributed by atoms with Crippen LogP contribution in [0.3, 0.4) is 0 Å². The lowest BCUT2D eigenvalue weighted by Crippen LogP contribution is -2.56. The molecule has 3 aliphatic heterocycles. The van der Waals surface area contributed by atoms with Gasteiger partial charge in [0, 0.05) is 24.9 Å². The molecule has 0 unspecified atom stereocenters. The van der Waals surface area contributed by atoms with E-state index in [9.17, 15) is 14.4 Å². The SMILES string of the molecule is CC(C)OCCCN1C(=O)[C@@H]2[C@@H](C(=O)Nc3ccc(Oc4ccccc4)cc3)[C@@H]3C=C[C@@]2(O3)[C@@H]1C(=O)NC1CCCCC1. The average molecular weight is 588 g/mol. The Morgan fingerprint density at radius 1 is 1.00 bits per heavy atom. The molecule has 2 saturated heterocycles. The lowest BCUT2D eigenvalue weighted by atomic mass is 9.74. The second-order valence-electron chi connectivity index (χ2n) is 12.3. The number of para-hydroxylation sites is 1. The zero-order chi connectivity index (χ0) is 30.0. The van der Waals surface area contributed by atoms with Crippen molar-refractivity contribution in [2.75, 3.05) is 18.5 Å². The Morgan fingerprint density at radius 2 is 1.72 bits per heavy atom. The smallest absolute Gasteiger partial charge is 0.246 e. The van der Waals surface area contributed by atoms with Gasteiger partial charge in [-0.05, 0) is 69.5 Å². The highest BCUT2D eigenvalue weighted by Crippen LogP contribution is 2.55. The lowest BCUT2D eigenvalue weighted by molar-refractivity contribution is -0.141. The van der Waals surface area contributed by atoms with E-state index in [4.69, 9.17) is 14.2 Å². The van der Waals surface area contributed by atoms with Gasteiger partial charge < -0.3 is 29.7 Å². The predicted octanol–water partition coefficient (Wildman–Crippen LogP) is 4.83. The van der Waals surface area contributed by atoms with E-state index in [0.717, 1.165) is 31.4 Å².